The molecule has 0 bridgehead atoms. The molecule has 1 aliphatic heterocycles. The summed E-state index contributed by atoms with van der Waals surface area (Å²) in [7, 11) is 0. The van der Waals surface area contributed by atoms with Gasteiger partial charge in [-0.3, -0.25) is 9.59 Å². The average Bonchev–Trinajstić information content (AvgIpc) is 2.77. The van der Waals surface area contributed by atoms with Crippen LogP contribution in [0.4, 0.5) is 0 Å². The molecule has 0 aromatic carbocycles. The van der Waals surface area contributed by atoms with Gasteiger partial charge in [-0.15, -0.1) is 11.3 Å². The molecule has 1 fully saturated rings. The molecule has 86 valence electrons. The van der Waals surface area contributed by atoms with Gasteiger partial charge in [0.05, 0.1) is 11.6 Å². The largest absolute Gasteiger partial charge is 0.345 e. The minimum Gasteiger partial charge on any atom is -0.345 e. The monoisotopic (exact) mass is 239 g/mol. The molecule has 2 amide bonds. The quantitative estimate of drug-likeness (QED) is 0.809. The van der Waals surface area contributed by atoms with Gasteiger partial charge >= 0.3 is 0 Å². The first-order chi connectivity index (χ1) is 7.68. The van der Waals surface area contributed by atoms with E-state index in [4.69, 9.17) is 0 Å². The number of piperazine rings is 1. The van der Waals surface area contributed by atoms with Gasteiger partial charge in [-0.1, -0.05) is 0 Å². The molecule has 6 heteroatoms. The Hall–Kier alpha value is -1.43. The Labute approximate surface area is 97.5 Å². The van der Waals surface area contributed by atoms with Crippen LogP contribution in [0.25, 0.3) is 0 Å². The Kier molecular flexibility index (Phi) is 3.19. The Morgan fingerprint density at radius 2 is 2.44 bits per heavy atom. The molecule has 1 unspecified atom stereocenters. The predicted octanol–water partition coefficient (Wildman–Crippen LogP) is 0.0325. The summed E-state index contributed by atoms with van der Waals surface area (Å²) < 4.78 is 0. The molecule has 1 aromatic rings. The van der Waals surface area contributed by atoms with E-state index in [2.05, 4.69) is 10.3 Å². The number of carbonyl (C=O) groups excluding carboxylic acids is 2. The molecule has 0 aliphatic carbocycles. The average molecular weight is 239 g/mol. The van der Waals surface area contributed by atoms with Gasteiger partial charge in [0.1, 0.15) is 6.04 Å². The minimum atomic E-state index is -0.374. The summed E-state index contributed by atoms with van der Waals surface area (Å²) in [5, 5.41) is 5.46. The number of thiazole rings is 1. The van der Waals surface area contributed by atoms with E-state index in [0.717, 1.165) is 5.01 Å². The van der Waals surface area contributed by atoms with Gasteiger partial charge in [0.2, 0.25) is 11.8 Å². The number of aromatic nitrogens is 1. The summed E-state index contributed by atoms with van der Waals surface area (Å²) in [4.78, 5) is 28.8. The summed E-state index contributed by atoms with van der Waals surface area (Å²) in [5.74, 6) is -0.109. The number of nitrogens with zero attached hydrogens (tertiary/aromatic N) is 2. The van der Waals surface area contributed by atoms with Gasteiger partial charge in [0.15, 0.2) is 0 Å². The maximum absolute atomic E-state index is 11.6. The fourth-order valence-corrected chi connectivity index (χ4v) is 2.29. The number of hydrogen-bond donors (Lipinski definition) is 1. The van der Waals surface area contributed by atoms with Gasteiger partial charge in [0.25, 0.3) is 0 Å². The van der Waals surface area contributed by atoms with E-state index in [1.807, 2.05) is 5.38 Å². The first kappa shape index (κ1) is 11.1. The third-order valence-electron chi connectivity index (χ3n) is 2.63. The van der Waals surface area contributed by atoms with Crippen LogP contribution in [-0.4, -0.2) is 40.8 Å². The van der Waals surface area contributed by atoms with Crippen molar-refractivity contribution in [3.05, 3.63) is 16.6 Å². The van der Waals surface area contributed by atoms with Gasteiger partial charge in [-0.2, -0.15) is 0 Å². The fraction of sp³-hybridized carbons (Fsp3) is 0.500. The maximum Gasteiger partial charge on any atom is 0.242 e. The Balaban J connectivity index is 1.96. The van der Waals surface area contributed by atoms with E-state index in [0.29, 0.717) is 13.0 Å². The van der Waals surface area contributed by atoms with E-state index < -0.39 is 0 Å². The van der Waals surface area contributed by atoms with Gasteiger partial charge in [-0.05, 0) is 6.92 Å². The van der Waals surface area contributed by atoms with Crippen LogP contribution in [0.15, 0.2) is 11.6 Å². The molecule has 2 rings (SSSR count). The number of carbonyl (C=O) groups is 2. The molecule has 16 heavy (non-hydrogen) atoms. The van der Waals surface area contributed by atoms with Crippen LogP contribution >= 0.6 is 11.3 Å². The standard InChI is InChI=1S/C10H13N3O2S/c1-7-10(15)12-6-9(14)13(7)4-2-8-11-3-5-16-8/h3,5,7H,2,4,6H2,1H3,(H,12,15). The highest BCUT2D eigenvalue weighted by atomic mass is 32.1. The van der Waals surface area contributed by atoms with Crippen molar-refractivity contribution in [3.8, 4) is 0 Å². The van der Waals surface area contributed by atoms with Crippen LogP contribution in [0.3, 0.4) is 0 Å². The highest BCUT2D eigenvalue weighted by Gasteiger charge is 2.30. The topological polar surface area (TPSA) is 62.3 Å². The van der Waals surface area contributed by atoms with Crippen LogP contribution in [-0.2, 0) is 16.0 Å². The Morgan fingerprint density at radius 1 is 1.62 bits per heavy atom. The first-order valence-electron chi connectivity index (χ1n) is 5.14. The predicted molar refractivity (Wildman–Crippen MR) is 60.0 cm³/mol. The van der Waals surface area contributed by atoms with Gasteiger partial charge in [0, 0.05) is 24.5 Å². The molecule has 0 spiro atoms. The lowest BCUT2D eigenvalue weighted by Gasteiger charge is -2.32. The minimum absolute atomic E-state index is 0.0244. The lowest BCUT2D eigenvalue weighted by atomic mass is 10.2. The van der Waals surface area contributed by atoms with Gasteiger partial charge in [-0.25, -0.2) is 4.98 Å². The number of rotatable bonds is 3. The van der Waals surface area contributed by atoms with Crippen molar-refractivity contribution in [1.82, 2.24) is 15.2 Å². The molecule has 1 atom stereocenters. The van der Waals surface area contributed by atoms with Gasteiger partial charge < -0.3 is 10.2 Å². The molecule has 1 aliphatic rings. The molecule has 1 aromatic heterocycles. The highest BCUT2D eigenvalue weighted by Crippen LogP contribution is 2.09. The third kappa shape index (κ3) is 2.21. The number of hydrogen-bond acceptors (Lipinski definition) is 4. The molecule has 5 nitrogen and oxygen atoms in total. The second-order valence-corrected chi connectivity index (χ2v) is 4.64. The van der Waals surface area contributed by atoms with E-state index >= 15 is 0 Å². The normalized spacial score (nSPS) is 21.1. The lowest BCUT2D eigenvalue weighted by molar-refractivity contribution is -0.144. The number of amides is 2. The van der Waals surface area contributed by atoms with Crippen molar-refractivity contribution in [3.63, 3.8) is 0 Å². The zero-order valence-electron chi connectivity index (χ0n) is 8.97. The first-order valence-corrected chi connectivity index (χ1v) is 6.02. The van der Waals surface area contributed by atoms with Crippen molar-refractivity contribution < 1.29 is 9.59 Å². The molecular formula is C10H13N3O2S. The summed E-state index contributed by atoms with van der Waals surface area (Å²) in [6.07, 6.45) is 2.45. The second-order valence-electron chi connectivity index (χ2n) is 3.66. The van der Waals surface area contributed by atoms with Crippen molar-refractivity contribution in [1.29, 1.82) is 0 Å². The van der Waals surface area contributed by atoms with E-state index in [9.17, 15) is 9.59 Å². The second kappa shape index (κ2) is 4.61. The summed E-state index contributed by atoms with van der Waals surface area (Å²) in [6.45, 7) is 2.41. The number of nitrogens with one attached hydrogen (secondary N) is 1. The molecule has 1 saturated heterocycles. The van der Waals surface area contributed by atoms with E-state index in [1.54, 1.807) is 29.4 Å². The van der Waals surface area contributed by atoms with Crippen LogP contribution in [0.1, 0.15) is 11.9 Å². The lowest BCUT2D eigenvalue weighted by Crippen LogP contribution is -2.57. The van der Waals surface area contributed by atoms with Crippen LogP contribution in [0.5, 0.6) is 0 Å². The summed E-state index contributed by atoms with van der Waals surface area (Å²) >= 11 is 1.57. The smallest absolute Gasteiger partial charge is 0.242 e. The maximum atomic E-state index is 11.6. The van der Waals surface area contributed by atoms with E-state index in [-0.39, 0.29) is 24.4 Å². The highest BCUT2D eigenvalue weighted by molar-refractivity contribution is 7.09. The van der Waals surface area contributed by atoms with Crippen molar-refractivity contribution in [2.75, 3.05) is 13.1 Å². The van der Waals surface area contributed by atoms with Crippen LogP contribution in [0.2, 0.25) is 0 Å². The van der Waals surface area contributed by atoms with Crippen molar-refractivity contribution in [2.24, 2.45) is 0 Å². The SMILES string of the molecule is CC1C(=O)NCC(=O)N1CCc1nccs1. The van der Waals surface area contributed by atoms with Crippen molar-refractivity contribution in [2.45, 2.75) is 19.4 Å². The molecule has 0 radical (unpaired) electrons. The Bertz CT molecular complexity index is 391. The van der Waals surface area contributed by atoms with Crippen LogP contribution < -0.4 is 5.32 Å². The Morgan fingerprint density at radius 3 is 3.12 bits per heavy atom. The summed E-state index contributed by atoms with van der Waals surface area (Å²) in [6, 6.07) is -0.374. The van der Waals surface area contributed by atoms with Crippen LogP contribution in [0, 0.1) is 0 Å². The molecule has 1 N–H and O–H groups in total. The zero-order chi connectivity index (χ0) is 11.5. The zero-order valence-corrected chi connectivity index (χ0v) is 9.79. The molecule has 2 heterocycles. The summed E-state index contributed by atoms with van der Waals surface area (Å²) in [5.41, 5.74) is 0. The van der Waals surface area contributed by atoms with E-state index in [1.165, 1.54) is 0 Å². The van der Waals surface area contributed by atoms with Crippen molar-refractivity contribution >= 4 is 23.2 Å². The molecular weight excluding hydrogens is 226 g/mol. The third-order valence-corrected chi connectivity index (χ3v) is 3.47. The fourth-order valence-electron chi connectivity index (χ4n) is 1.68. The molecule has 0 saturated carbocycles.